The lowest BCUT2D eigenvalue weighted by Crippen LogP contribution is -2.04. The second-order valence-corrected chi connectivity index (χ2v) is 6.04. The maximum Gasteiger partial charge on any atom is 0.206 e. The van der Waals surface area contributed by atoms with Gasteiger partial charge in [0, 0.05) is 6.54 Å². The summed E-state index contributed by atoms with van der Waals surface area (Å²) in [7, 11) is -3.44. The summed E-state index contributed by atoms with van der Waals surface area (Å²) in [5.41, 5.74) is 7.16. The van der Waals surface area contributed by atoms with Gasteiger partial charge in [0.2, 0.25) is 9.84 Å². The van der Waals surface area contributed by atoms with Crippen LogP contribution in [0.4, 0.5) is 0 Å². The molecule has 3 nitrogen and oxygen atoms in total. The summed E-state index contributed by atoms with van der Waals surface area (Å²) < 4.78 is 24.8. The molecule has 2 rings (SSSR count). The Balaban J connectivity index is 2.51. The molecule has 0 amide bonds. The van der Waals surface area contributed by atoms with Gasteiger partial charge in [-0.1, -0.05) is 30.3 Å². The molecule has 2 aromatic carbocycles. The van der Waals surface area contributed by atoms with E-state index in [1.807, 2.05) is 6.07 Å². The third-order valence-corrected chi connectivity index (χ3v) is 4.78. The van der Waals surface area contributed by atoms with Crippen molar-refractivity contribution in [3.63, 3.8) is 0 Å². The minimum absolute atomic E-state index is 0.300. The fraction of sp³-hybridized carbons (Fsp3) is 0.143. The Bertz CT molecular complexity index is 646. The third-order valence-electron chi connectivity index (χ3n) is 2.85. The van der Waals surface area contributed by atoms with Crippen molar-refractivity contribution < 1.29 is 8.42 Å². The van der Waals surface area contributed by atoms with Gasteiger partial charge in [0.05, 0.1) is 9.79 Å². The fourth-order valence-corrected chi connectivity index (χ4v) is 3.29. The van der Waals surface area contributed by atoms with Crippen molar-refractivity contribution in [2.24, 2.45) is 5.73 Å². The lowest BCUT2D eigenvalue weighted by Gasteiger charge is -2.08. The van der Waals surface area contributed by atoms with E-state index in [9.17, 15) is 8.42 Å². The highest BCUT2D eigenvalue weighted by atomic mass is 32.2. The largest absolute Gasteiger partial charge is 0.326 e. The second-order valence-electron chi connectivity index (χ2n) is 4.12. The molecule has 0 saturated carbocycles. The topological polar surface area (TPSA) is 60.2 Å². The molecule has 0 unspecified atom stereocenters. The van der Waals surface area contributed by atoms with E-state index in [0.29, 0.717) is 16.3 Å². The summed E-state index contributed by atoms with van der Waals surface area (Å²) in [5.74, 6) is 0. The number of benzene rings is 2. The highest BCUT2D eigenvalue weighted by Crippen LogP contribution is 2.23. The first kappa shape index (κ1) is 12.8. The van der Waals surface area contributed by atoms with E-state index < -0.39 is 9.84 Å². The summed E-state index contributed by atoms with van der Waals surface area (Å²) in [6.07, 6.45) is 0. The Morgan fingerprint density at radius 2 is 1.61 bits per heavy atom. The molecule has 2 N–H and O–H groups in total. The van der Waals surface area contributed by atoms with Crippen LogP contribution in [0.1, 0.15) is 11.1 Å². The van der Waals surface area contributed by atoms with Crippen LogP contribution in [0.5, 0.6) is 0 Å². The zero-order valence-electron chi connectivity index (χ0n) is 10.1. The van der Waals surface area contributed by atoms with Gasteiger partial charge in [0.25, 0.3) is 0 Å². The molecule has 0 aliphatic heterocycles. The van der Waals surface area contributed by atoms with Crippen LogP contribution in [0.15, 0.2) is 58.3 Å². The van der Waals surface area contributed by atoms with E-state index in [0.717, 1.165) is 11.1 Å². The van der Waals surface area contributed by atoms with Gasteiger partial charge in [-0.2, -0.15) is 0 Å². The smallest absolute Gasteiger partial charge is 0.206 e. The molecule has 0 bridgehead atoms. The molecule has 0 spiro atoms. The Morgan fingerprint density at radius 1 is 1.00 bits per heavy atom. The molecule has 0 aromatic heterocycles. The number of hydrogen-bond donors (Lipinski definition) is 1. The van der Waals surface area contributed by atoms with Crippen LogP contribution in [0, 0.1) is 6.92 Å². The van der Waals surface area contributed by atoms with Gasteiger partial charge in [-0.15, -0.1) is 0 Å². The molecule has 0 saturated heterocycles. The first-order valence-corrected chi connectivity index (χ1v) is 7.14. The van der Waals surface area contributed by atoms with Crippen LogP contribution >= 0.6 is 0 Å². The zero-order chi connectivity index (χ0) is 13.2. The zero-order valence-corrected chi connectivity index (χ0v) is 10.9. The van der Waals surface area contributed by atoms with Crippen LogP contribution < -0.4 is 5.73 Å². The molecule has 0 aliphatic carbocycles. The molecular weight excluding hydrogens is 246 g/mol. The van der Waals surface area contributed by atoms with Crippen molar-refractivity contribution in [1.29, 1.82) is 0 Å². The highest BCUT2D eigenvalue weighted by molar-refractivity contribution is 7.91. The molecule has 2 aromatic rings. The molecule has 0 radical (unpaired) electrons. The van der Waals surface area contributed by atoms with Gasteiger partial charge in [-0.25, -0.2) is 8.42 Å². The Labute approximate surface area is 107 Å². The van der Waals surface area contributed by atoms with E-state index in [2.05, 4.69) is 0 Å². The van der Waals surface area contributed by atoms with Crippen molar-refractivity contribution in [3.05, 3.63) is 59.7 Å². The SMILES string of the molecule is Cc1ccccc1S(=O)(=O)c1ccc(CN)cc1. The first-order chi connectivity index (χ1) is 8.55. The maximum absolute atomic E-state index is 12.4. The summed E-state index contributed by atoms with van der Waals surface area (Å²) in [5, 5.41) is 0. The average Bonchev–Trinajstić information content (AvgIpc) is 2.39. The molecule has 94 valence electrons. The quantitative estimate of drug-likeness (QED) is 0.922. The first-order valence-electron chi connectivity index (χ1n) is 5.65. The van der Waals surface area contributed by atoms with Crippen molar-refractivity contribution in [2.75, 3.05) is 0 Å². The summed E-state index contributed by atoms with van der Waals surface area (Å²) in [4.78, 5) is 0.652. The Kier molecular flexibility index (Phi) is 3.50. The van der Waals surface area contributed by atoms with E-state index in [1.54, 1.807) is 49.4 Å². The average molecular weight is 261 g/mol. The predicted molar refractivity (Wildman–Crippen MR) is 71.0 cm³/mol. The summed E-state index contributed by atoms with van der Waals surface area (Å²) in [6, 6.07) is 13.7. The van der Waals surface area contributed by atoms with Gasteiger partial charge < -0.3 is 5.73 Å². The lowest BCUT2D eigenvalue weighted by molar-refractivity contribution is 0.595. The molecule has 18 heavy (non-hydrogen) atoms. The van der Waals surface area contributed by atoms with Gasteiger partial charge >= 0.3 is 0 Å². The predicted octanol–water partition coefficient (Wildman–Crippen LogP) is 2.29. The molecular formula is C14H15NO2S. The number of aryl methyl sites for hydroxylation is 1. The van der Waals surface area contributed by atoms with Crippen LogP contribution in [-0.2, 0) is 16.4 Å². The number of rotatable bonds is 3. The number of nitrogens with two attached hydrogens (primary N) is 1. The van der Waals surface area contributed by atoms with Gasteiger partial charge in [0.15, 0.2) is 0 Å². The Morgan fingerprint density at radius 3 is 2.17 bits per heavy atom. The minimum atomic E-state index is -3.44. The molecule has 0 fully saturated rings. The molecule has 0 aliphatic rings. The van der Waals surface area contributed by atoms with Gasteiger partial charge in [0.1, 0.15) is 0 Å². The summed E-state index contributed by atoms with van der Waals surface area (Å²) >= 11 is 0. The van der Waals surface area contributed by atoms with E-state index in [-0.39, 0.29) is 0 Å². The van der Waals surface area contributed by atoms with Crippen molar-refractivity contribution in [1.82, 2.24) is 0 Å². The van der Waals surface area contributed by atoms with E-state index in [4.69, 9.17) is 5.73 Å². The molecule has 0 atom stereocenters. The molecule has 0 heterocycles. The lowest BCUT2D eigenvalue weighted by atomic mass is 10.2. The third kappa shape index (κ3) is 2.30. The molecule has 4 heteroatoms. The van der Waals surface area contributed by atoms with Crippen LogP contribution in [0.3, 0.4) is 0 Å². The number of hydrogen-bond acceptors (Lipinski definition) is 3. The van der Waals surface area contributed by atoms with Crippen LogP contribution in [0.2, 0.25) is 0 Å². The van der Waals surface area contributed by atoms with Crippen molar-refractivity contribution in [2.45, 2.75) is 23.3 Å². The standard InChI is InChI=1S/C14H15NO2S/c1-11-4-2-3-5-14(11)18(16,17)13-8-6-12(10-15)7-9-13/h2-9H,10,15H2,1H3. The van der Waals surface area contributed by atoms with Crippen LogP contribution in [0.25, 0.3) is 0 Å². The normalized spacial score (nSPS) is 11.4. The monoisotopic (exact) mass is 261 g/mol. The number of sulfone groups is 1. The van der Waals surface area contributed by atoms with Gasteiger partial charge in [-0.3, -0.25) is 0 Å². The maximum atomic E-state index is 12.4. The van der Waals surface area contributed by atoms with Gasteiger partial charge in [-0.05, 0) is 36.2 Å². The fourth-order valence-electron chi connectivity index (χ4n) is 1.79. The van der Waals surface area contributed by atoms with Crippen LogP contribution in [-0.4, -0.2) is 8.42 Å². The van der Waals surface area contributed by atoms with Crippen molar-refractivity contribution >= 4 is 9.84 Å². The van der Waals surface area contributed by atoms with E-state index >= 15 is 0 Å². The summed E-state index contributed by atoms with van der Waals surface area (Å²) in [6.45, 7) is 2.20. The second kappa shape index (κ2) is 4.92. The van der Waals surface area contributed by atoms with Crippen molar-refractivity contribution in [3.8, 4) is 0 Å². The minimum Gasteiger partial charge on any atom is -0.326 e. The van der Waals surface area contributed by atoms with E-state index in [1.165, 1.54) is 0 Å². The highest BCUT2D eigenvalue weighted by Gasteiger charge is 2.18. The Hall–Kier alpha value is -1.65.